The third-order valence-corrected chi connectivity index (χ3v) is 6.46. The Hall–Kier alpha value is -0.240. The van der Waals surface area contributed by atoms with E-state index >= 15 is 0 Å². The summed E-state index contributed by atoms with van der Waals surface area (Å²) in [5, 5.41) is 13.1. The van der Waals surface area contributed by atoms with Gasteiger partial charge in [-0.3, -0.25) is 4.90 Å². The van der Waals surface area contributed by atoms with E-state index in [-0.39, 0.29) is 0 Å². The third kappa shape index (κ3) is 30.2. The fourth-order valence-corrected chi connectivity index (χ4v) is 3.87. The molecule has 3 heterocycles. The summed E-state index contributed by atoms with van der Waals surface area (Å²) >= 11 is 0. The van der Waals surface area contributed by atoms with Crippen LogP contribution in [0.2, 0.25) is 0 Å². The van der Waals surface area contributed by atoms with Crippen LogP contribution in [-0.4, -0.2) is 100 Å². The quantitative estimate of drug-likeness (QED) is 0.357. The van der Waals surface area contributed by atoms with Gasteiger partial charge < -0.3 is 26.2 Å². The lowest BCUT2D eigenvalue weighted by Gasteiger charge is -2.36. The first kappa shape index (κ1) is 43.8. The first-order chi connectivity index (χ1) is 18.0. The van der Waals surface area contributed by atoms with Crippen LogP contribution in [-0.2, 0) is 0 Å². The van der Waals surface area contributed by atoms with Crippen molar-refractivity contribution in [3.05, 3.63) is 0 Å². The monoisotopic (exact) mass is 533 g/mol. The molecule has 0 saturated carbocycles. The number of nitrogens with zero attached hydrogens (tertiary/aromatic N) is 2. The van der Waals surface area contributed by atoms with Gasteiger partial charge in [-0.15, -0.1) is 0 Å². The molecule has 3 aliphatic heterocycles. The first-order valence-corrected chi connectivity index (χ1v) is 16.3. The van der Waals surface area contributed by atoms with Crippen LogP contribution in [0.4, 0.5) is 0 Å². The van der Waals surface area contributed by atoms with Gasteiger partial charge in [0.15, 0.2) is 0 Å². The fourth-order valence-electron chi connectivity index (χ4n) is 3.87. The summed E-state index contributed by atoms with van der Waals surface area (Å²) in [6.45, 7) is 37.3. The first-order valence-electron chi connectivity index (χ1n) is 16.3. The number of piperidine rings is 1. The molecule has 0 bridgehead atoms. The molecule has 230 valence electrons. The number of hydrogen-bond donors (Lipinski definition) is 4. The predicted molar refractivity (Wildman–Crippen MR) is 173 cm³/mol. The molecule has 3 fully saturated rings. The molecule has 0 radical (unpaired) electrons. The fraction of sp³-hybridized carbons (Fsp3) is 1.00. The number of likely N-dealkylation sites (N-methyl/N-ethyl adjacent to an activating group) is 1. The van der Waals surface area contributed by atoms with Gasteiger partial charge in [-0.1, -0.05) is 75.7 Å². The molecular formula is C31H76N6. The second-order valence-electron chi connectivity index (χ2n) is 9.09. The van der Waals surface area contributed by atoms with Gasteiger partial charge in [0.25, 0.3) is 0 Å². The Labute approximate surface area is 236 Å². The highest BCUT2D eigenvalue weighted by molar-refractivity contribution is 4.74. The molecule has 2 atom stereocenters. The lowest BCUT2D eigenvalue weighted by atomic mass is 10.0. The third-order valence-electron chi connectivity index (χ3n) is 6.46. The minimum absolute atomic E-state index is 0.726. The van der Waals surface area contributed by atoms with Crippen LogP contribution in [0.25, 0.3) is 0 Å². The molecule has 0 aromatic heterocycles. The van der Waals surface area contributed by atoms with E-state index in [0.29, 0.717) is 0 Å². The minimum Gasteiger partial charge on any atom is -0.320 e. The second kappa shape index (κ2) is 37.9. The molecule has 3 rings (SSSR count). The molecule has 3 saturated heterocycles. The van der Waals surface area contributed by atoms with Crippen molar-refractivity contribution < 1.29 is 0 Å². The van der Waals surface area contributed by atoms with E-state index in [2.05, 4.69) is 72.6 Å². The Morgan fingerprint density at radius 1 is 0.730 bits per heavy atom. The molecule has 0 aromatic carbocycles. The van der Waals surface area contributed by atoms with Gasteiger partial charge in [0, 0.05) is 63.9 Å². The summed E-state index contributed by atoms with van der Waals surface area (Å²) in [4.78, 5) is 5.06. The van der Waals surface area contributed by atoms with Crippen LogP contribution in [0.5, 0.6) is 0 Å². The van der Waals surface area contributed by atoms with E-state index in [4.69, 9.17) is 0 Å². The molecule has 3 aliphatic rings. The van der Waals surface area contributed by atoms with Gasteiger partial charge in [0.1, 0.15) is 0 Å². The SMILES string of the molecule is CC.CC.CC.CCC1CCCCN1.CCC1CNCCN1.CCN1CCN(C(C)C)CC1.CCNC. The van der Waals surface area contributed by atoms with Crippen molar-refractivity contribution in [1.82, 2.24) is 31.1 Å². The average Bonchev–Trinajstić information content (AvgIpc) is 3.01. The van der Waals surface area contributed by atoms with Crippen molar-refractivity contribution in [3.8, 4) is 0 Å². The standard InChI is InChI=1S/C9H20N2.C7H15N.C6H14N2.C3H9N.3C2H6/c1-4-10-5-7-11(8-6-10)9(2)3;1-2-7-5-3-4-6-8-7;1-2-6-5-7-3-4-8-6;1-3-4-2;3*1-2/h9H,4-8H2,1-3H3;7-8H,2-6H2,1H3;6-8H,2-5H2,1H3;4H,3H2,1-2H3;3*1-2H3. The smallest absolute Gasteiger partial charge is 0.0190 e. The molecule has 2 unspecified atom stereocenters. The Balaban J connectivity index is -0.000000190. The second-order valence-corrected chi connectivity index (χ2v) is 9.09. The van der Waals surface area contributed by atoms with Gasteiger partial charge in [-0.2, -0.15) is 0 Å². The Morgan fingerprint density at radius 3 is 1.51 bits per heavy atom. The maximum Gasteiger partial charge on any atom is 0.0190 e. The summed E-state index contributed by atoms with van der Waals surface area (Å²) in [6.07, 6.45) is 6.77. The van der Waals surface area contributed by atoms with Gasteiger partial charge in [0.2, 0.25) is 0 Å². The van der Waals surface area contributed by atoms with Crippen molar-refractivity contribution in [2.45, 2.75) is 133 Å². The maximum absolute atomic E-state index is 3.47. The highest BCUT2D eigenvalue weighted by atomic mass is 15.3. The van der Waals surface area contributed by atoms with Crippen LogP contribution in [0.1, 0.15) is 115 Å². The van der Waals surface area contributed by atoms with Gasteiger partial charge in [-0.25, -0.2) is 0 Å². The molecule has 0 aliphatic carbocycles. The lowest BCUT2D eigenvalue weighted by Crippen LogP contribution is -2.48. The number of piperazine rings is 2. The van der Waals surface area contributed by atoms with E-state index in [1.807, 2.05) is 48.6 Å². The van der Waals surface area contributed by atoms with E-state index in [0.717, 1.165) is 44.3 Å². The van der Waals surface area contributed by atoms with Crippen LogP contribution >= 0.6 is 0 Å². The molecule has 4 N–H and O–H groups in total. The van der Waals surface area contributed by atoms with Crippen molar-refractivity contribution in [2.75, 3.05) is 72.5 Å². The summed E-state index contributed by atoms with van der Waals surface area (Å²) < 4.78 is 0. The zero-order valence-electron chi connectivity index (χ0n) is 28.2. The maximum atomic E-state index is 3.47. The highest BCUT2D eigenvalue weighted by Gasteiger charge is 2.16. The summed E-state index contributed by atoms with van der Waals surface area (Å²) in [6, 6.07) is 2.29. The average molecular weight is 533 g/mol. The number of nitrogens with one attached hydrogen (secondary N) is 4. The van der Waals surface area contributed by atoms with Crippen molar-refractivity contribution in [3.63, 3.8) is 0 Å². The van der Waals surface area contributed by atoms with Crippen LogP contribution < -0.4 is 21.3 Å². The van der Waals surface area contributed by atoms with Crippen LogP contribution in [0.3, 0.4) is 0 Å². The number of hydrogen-bond acceptors (Lipinski definition) is 6. The Bertz CT molecular complexity index is 328. The molecule has 0 aromatic rings. The summed E-state index contributed by atoms with van der Waals surface area (Å²) in [5.41, 5.74) is 0. The van der Waals surface area contributed by atoms with Gasteiger partial charge in [0.05, 0.1) is 0 Å². The zero-order chi connectivity index (χ0) is 29.3. The Morgan fingerprint density at radius 2 is 1.24 bits per heavy atom. The molecule has 6 heteroatoms. The lowest BCUT2D eigenvalue weighted by molar-refractivity contribution is 0.112. The van der Waals surface area contributed by atoms with E-state index in [1.165, 1.54) is 71.4 Å². The van der Waals surface area contributed by atoms with E-state index in [9.17, 15) is 0 Å². The van der Waals surface area contributed by atoms with Crippen molar-refractivity contribution in [1.29, 1.82) is 0 Å². The normalized spacial score (nSPS) is 21.2. The highest BCUT2D eigenvalue weighted by Crippen LogP contribution is 2.08. The minimum atomic E-state index is 0.726. The van der Waals surface area contributed by atoms with Gasteiger partial charge in [-0.05, 0) is 66.2 Å². The number of rotatable bonds is 5. The Kier molecular flexibility index (Phi) is 44.9. The molecule has 0 amide bonds. The summed E-state index contributed by atoms with van der Waals surface area (Å²) in [5.74, 6) is 0. The van der Waals surface area contributed by atoms with E-state index < -0.39 is 0 Å². The molecule has 37 heavy (non-hydrogen) atoms. The van der Waals surface area contributed by atoms with Crippen LogP contribution in [0, 0.1) is 0 Å². The topological polar surface area (TPSA) is 54.6 Å². The van der Waals surface area contributed by atoms with Crippen LogP contribution in [0.15, 0.2) is 0 Å². The van der Waals surface area contributed by atoms with Gasteiger partial charge >= 0.3 is 0 Å². The predicted octanol–water partition coefficient (Wildman–Crippen LogP) is 5.83. The molecule has 0 spiro atoms. The summed E-state index contributed by atoms with van der Waals surface area (Å²) in [7, 11) is 1.93. The van der Waals surface area contributed by atoms with Crippen molar-refractivity contribution in [2.24, 2.45) is 0 Å². The van der Waals surface area contributed by atoms with E-state index in [1.54, 1.807) is 0 Å². The zero-order valence-corrected chi connectivity index (χ0v) is 28.2. The van der Waals surface area contributed by atoms with Crippen molar-refractivity contribution >= 4 is 0 Å². The molecular weight excluding hydrogens is 456 g/mol. The molecule has 6 nitrogen and oxygen atoms in total. The largest absolute Gasteiger partial charge is 0.320 e.